The van der Waals surface area contributed by atoms with E-state index in [1.807, 2.05) is 24.9 Å². The Morgan fingerprint density at radius 2 is 2.03 bits per heavy atom. The second kappa shape index (κ2) is 10.0. The minimum atomic E-state index is -1.04. The summed E-state index contributed by atoms with van der Waals surface area (Å²) in [5, 5.41) is 11.6. The molecule has 0 amide bonds. The number of hydrogen-bond acceptors (Lipinski definition) is 7. The second-order valence-electron chi connectivity index (χ2n) is 8.49. The first-order valence-corrected chi connectivity index (χ1v) is 12.6. The Hall–Kier alpha value is -4.24. The van der Waals surface area contributed by atoms with Gasteiger partial charge in [0.1, 0.15) is 17.5 Å². The van der Waals surface area contributed by atoms with Gasteiger partial charge in [0, 0.05) is 56.6 Å². The normalized spacial score (nSPS) is 15.0. The molecule has 7 nitrogen and oxygen atoms in total. The number of carbonyl (C=O) groups is 1. The van der Waals surface area contributed by atoms with Crippen LogP contribution in [-0.2, 0) is 9.59 Å². The molecule has 0 radical (unpaired) electrons. The van der Waals surface area contributed by atoms with Gasteiger partial charge in [0.15, 0.2) is 5.94 Å². The first-order valence-electron chi connectivity index (χ1n) is 11.3. The third kappa shape index (κ3) is 4.53. The molecule has 1 aliphatic carbocycles. The number of aromatic nitrogens is 1. The molecule has 0 bridgehead atoms. The van der Waals surface area contributed by atoms with E-state index in [1.165, 1.54) is 11.3 Å². The number of carbonyl (C=O) groups excluding carboxylic acids is 2. The van der Waals surface area contributed by atoms with Crippen LogP contribution in [0.25, 0.3) is 21.3 Å². The molecule has 0 saturated heterocycles. The topological polar surface area (TPSA) is 99.9 Å². The molecule has 3 aromatic rings. The molecule has 0 unspecified atom stereocenters. The summed E-state index contributed by atoms with van der Waals surface area (Å²) in [7, 11) is 0. The van der Waals surface area contributed by atoms with Crippen LogP contribution >= 0.6 is 22.9 Å². The van der Waals surface area contributed by atoms with Gasteiger partial charge in [0.05, 0.1) is 22.3 Å². The second-order valence-corrected chi connectivity index (χ2v) is 9.80. The molecule has 5 rings (SSSR count). The number of hydrogen-bond donors (Lipinski definition) is 1. The number of rotatable bonds is 3. The highest BCUT2D eigenvalue weighted by atomic mass is 35.5. The van der Waals surface area contributed by atoms with Gasteiger partial charge in [-0.1, -0.05) is 23.4 Å². The number of pyridine rings is 1. The first-order chi connectivity index (χ1) is 17.9. The number of aromatic carboxylic acids is 1. The van der Waals surface area contributed by atoms with Crippen molar-refractivity contribution < 1.29 is 19.5 Å². The van der Waals surface area contributed by atoms with E-state index in [9.17, 15) is 19.5 Å². The monoisotopic (exact) mass is 527 g/mol. The highest BCUT2D eigenvalue weighted by molar-refractivity contribution is 7.18. The van der Waals surface area contributed by atoms with Gasteiger partial charge in [0.2, 0.25) is 0 Å². The fourth-order valence-corrected chi connectivity index (χ4v) is 5.70. The van der Waals surface area contributed by atoms with Crippen LogP contribution in [0.2, 0.25) is 5.02 Å². The number of allylic oxidation sites excluding steroid dienone is 3. The fourth-order valence-electron chi connectivity index (χ4n) is 4.50. The Morgan fingerprint density at radius 3 is 2.78 bits per heavy atom. The van der Waals surface area contributed by atoms with Gasteiger partial charge in [-0.05, 0) is 44.0 Å². The van der Waals surface area contributed by atoms with Crippen molar-refractivity contribution in [2.75, 3.05) is 6.54 Å². The van der Waals surface area contributed by atoms with E-state index in [4.69, 9.17) is 11.6 Å². The molecule has 2 aliphatic rings. The summed E-state index contributed by atoms with van der Waals surface area (Å²) in [4.78, 5) is 45.3. The number of carboxylic acids is 1. The van der Waals surface area contributed by atoms with Crippen molar-refractivity contribution >= 4 is 56.8 Å². The summed E-state index contributed by atoms with van der Waals surface area (Å²) in [6.07, 6.45) is 3.08. The zero-order chi connectivity index (χ0) is 26.1. The van der Waals surface area contributed by atoms with Gasteiger partial charge in [-0.2, -0.15) is 0 Å². The minimum absolute atomic E-state index is 0.147. The van der Waals surface area contributed by atoms with Crippen LogP contribution in [-0.4, -0.2) is 45.2 Å². The molecular weight excluding hydrogens is 510 g/mol. The summed E-state index contributed by atoms with van der Waals surface area (Å²) >= 11 is 7.62. The number of fused-ring (bicyclic) bond motifs is 1. The highest BCUT2D eigenvalue weighted by Crippen LogP contribution is 2.37. The Bertz CT molecular complexity index is 1710. The predicted molar refractivity (Wildman–Crippen MR) is 143 cm³/mol. The van der Waals surface area contributed by atoms with Gasteiger partial charge in [0.25, 0.3) is 0 Å². The van der Waals surface area contributed by atoms with Crippen LogP contribution in [0.4, 0.5) is 0 Å². The van der Waals surface area contributed by atoms with Crippen LogP contribution in [0.15, 0.2) is 63.4 Å². The summed E-state index contributed by atoms with van der Waals surface area (Å²) < 4.78 is 0.728. The van der Waals surface area contributed by atoms with Gasteiger partial charge in [-0.25, -0.2) is 19.4 Å². The molecule has 0 saturated carbocycles. The predicted octanol–water partition coefficient (Wildman–Crippen LogP) is 5.31. The third-order valence-corrected chi connectivity index (χ3v) is 7.54. The van der Waals surface area contributed by atoms with Crippen molar-refractivity contribution in [1.82, 2.24) is 9.88 Å². The van der Waals surface area contributed by atoms with Crippen LogP contribution in [0.3, 0.4) is 0 Å². The first kappa shape index (κ1) is 24.5. The van der Waals surface area contributed by atoms with E-state index in [0.29, 0.717) is 58.0 Å². The molecule has 2 aromatic heterocycles. The van der Waals surface area contributed by atoms with Gasteiger partial charge >= 0.3 is 5.97 Å². The van der Waals surface area contributed by atoms with Crippen molar-refractivity contribution in [3.05, 3.63) is 74.5 Å². The quantitative estimate of drug-likeness (QED) is 0.366. The Balaban J connectivity index is 1.50. The zero-order valence-corrected chi connectivity index (χ0v) is 21.2. The van der Waals surface area contributed by atoms with Crippen LogP contribution in [0, 0.1) is 11.8 Å². The number of benzene rings is 1. The summed E-state index contributed by atoms with van der Waals surface area (Å²) in [5.74, 6) is 9.89. The Morgan fingerprint density at radius 1 is 1.19 bits per heavy atom. The maximum atomic E-state index is 11.9. The average molecular weight is 528 g/mol. The number of amidine groups is 1. The standard InChI is InChI=1S/C28H18ClN3O4S/c1-16-31-24-7-4-17(13-33)11-22(24)25(14-34)32(16)10-2-3-18-5-6-19(29)12-21(18)20-8-9-30-26-23(28(35)36)15-37-27(20)26/h5-6,8-9,12,15H,4,7,10-11H2,1H3,(H,35,36). The lowest BCUT2D eigenvalue weighted by Crippen LogP contribution is -2.34. The average Bonchev–Trinajstić information content (AvgIpc) is 3.34. The molecule has 0 atom stereocenters. The SMILES string of the molecule is CC1=NC2=C(CC(=C=O)CC2)C(=C=O)N1CC#Cc1ccc(Cl)cc1-c1ccnc2c(C(=O)O)csc12. The van der Waals surface area contributed by atoms with E-state index in [2.05, 4.69) is 21.8 Å². The van der Waals surface area contributed by atoms with Gasteiger partial charge in [-0.3, -0.25) is 4.98 Å². The molecule has 182 valence electrons. The molecular formula is C28H18ClN3O4S. The van der Waals surface area contributed by atoms with E-state index in [0.717, 1.165) is 21.5 Å². The van der Waals surface area contributed by atoms with E-state index < -0.39 is 5.97 Å². The molecule has 9 heteroatoms. The van der Waals surface area contributed by atoms with E-state index in [-0.39, 0.29) is 12.1 Å². The summed E-state index contributed by atoms with van der Waals surface area (Å²) in [6, 6.07) is 7.14. The van der Waals surface area contributed by atoms with E-state index >= 15 is 0 Å². The summed E-state index contributed by atoms with van der Waals surface area (Å²) in [5.41, 5.74) is 5.24. The lowest BCUT2D eigenvalue weighted by atomic mass is 9.89. The van der Waals surface area contributed by atoms with Gasteiger partial charge < -0.3 is 10.0 Å². The van der Waals surface area contributed by atoms with Crippen LogP contribution < -0.4 is 0 Å². The third-order valence-electron chi connectivity index (χ3n) is 6.30. The minimum Gasteiger partial charge on any atom is -0.478 e. The molecule has 3 heterocycles. The number of aliphatic imine (C=N–C) groups is 1. The van der Waals surface area contributed by atoms with Gasteiger partial charge in [-0.15, -0.1) is 11.3 Å². The molecule has 1 N–H and O–H groups in total. The smallest absolute Gasteiger partial charge is 0.338 e. The van der Waals surface area contributed by atoms with Crippen LogP contribution in [0.1, 0.15) is 42.1 Å². The van der Waals surface area contributed by atoms with Crippen LogP contribution in [0.5, 0.6) is 0 Å². The van der Waals surface area contributed by atoms with Crippen molar-refractivity contribution in [3.8, 4) is 23.0 Å². The summed E-state index contributed by atoms with van der Waals surface area (Å²) in [6.45, 7) is 2.00. The lowest BCUT2D eigenvalue weighted by Gasteiger charge is -2.31. The number of halogens is 1. The maximum Gasteiger partial charge on any atom is 0.338 e. The molecule has 1 aliphatic heterocycles. The lowest BCUT2D eigenvalue weighted by molar-refractivity contribution is 0.0699. The fraction of sp³-hybridized carbons (Fsp3) is 0.179. The number of carboxylic acid groups (broad SMARTS) is 1. The Labute approximate surface area is 221 Å². The largest absolute Gasteiger partial charge is 0.478 e. The number of thiophene rings is 1. The van der Waals surface area contributed by atoms with Crippen molar-refractivity contribution in [1.29, 1.82) is 0 Å². The Kier molecular flexibility index (Phi) is 6.62. The number of nitrogens with zero attached hydrogens (tertiary/aromatic N) is 3. The molecule has 0 fully saturated rings. The van der Waals surface area contributed by atoms with E-state index in [1.54, 1.807) is 34.7 Å². The maximum absolute atomic E-state index is 11.9. The van der Waals surface area contributed by atoms with Crippen molar-refractivity contribution in [3.63, 3.8) is 0 Å². The molecule has 0 spiro atoms. The molecule has 1 aromatic carbocycles. The molecule has 37 heavy (non-hydrogen) atoms. The highest BCUT2D eigenvalue weighted by Gasteiger charge is 2.29. The van der Waals surface area contributed by atoms with Crippen molar-refractivity contribution in [2.45, 2.75) is 26.2 Å². The van der Waals surface area contributed by atoms with Crippen molar-refractivity contribution in [2.24, 2.45) is 4.99 Å². The zero-order valence-electron chi connectivity index (χ0n) is 19.6.